The lowest BCUT2D eigenvalue weighted by atomic mass is 9.91. The van der Waals surface area contributed by atoms with Gasteiger partial charge in [0.25, 0.3) is 0 Å². The van der Waals surface area contributed by atoms with Gasteiger partial charge < -0.3 is 15.5 Å². The second-order valence-electron chi connectivity index (χ2n) is 8.72. The molecular formula is C20H27N3O3. The lowest BCUT2D eigenvalue weighted by Gasteiger charge is -2.28. The molecule has 1 aromatic rings. The molecular weight excluding hydrogens is 330 g/mol. The average Bonchev–Trinajstić information content (AvgIpc) is 3.19. The maximum Gasteiger partial charge on any atom is 0.229 e. The number of benzene rings is 1. The Morgan fingerprint density at radius 1 is 1.27 bits per heavy atom. The fourth-order valence-electron chi connectivity index (χ4n) is 4.28. The highest BCUT2D eigenvalue weighted by atomic mass is 16.2. The van der Waals surface area contributed by atoms with Crippen LogP contribution in [0, 0.1) is 22.7 Å². The number of anilines is 1. The summed E-state index contributed by atoms with van der Waals surface area (Å²) < 4.78 is 0. The number of para-hydroxylation sites is 1. The lowest BCUT2D eigenvalue weighted by Crippen LogP contribution is -2.41. The van der Waals surface area contributed by atoms with Crippen molar-refractivity contribution in [1.29, 1.82) is 0 Å². The van der Waals surface area contributed by atoms with Crippen LogP contribution >= 0.6 is 0 Å². The molecule has 26 heavy (non-hydrogen) atoms. The molecule has 1 saturated carbocycles. The third kappa shape index (κ3) is 3.03. The van der Waals surface area contributed by atoms with E-state index in [2.05, 4.69) is 29.4 Å². The largest absolute Gasteiger partial charge is 0.355 e. The van der Waals surface area contributed by atoms with Crippen molar-refractivity contribution >= 4 is 23.3 Å². The van der Waals surface area contributed by atoms with Gasteiger partial charge in [0.1, 0.15) is 0 Å². The summed E-state index contributed by atoms with van der Waals surface area (Å²) in [6.07, 6.45) is 0. The minimum atomic E-state index is -0.966. The fourth-order valence-corrected chi connectivity index (χ4v) is 4.28. The number of nitrogens with zero attached hydrogens (tertiary/aromatic N) is 1. The van der Waals surface area contributed by atoms with Crippen molar-refractivity contribution in [2.45, 2.75) is 20.8 Å². The molecule has 140 valence electrons. The lowest BCUT2D eigenvalue weighted by molar-refractivity contribution is -0.125. The van der Waals surface area contributed by atoms with Crippen molar-refractivity contribution in [1.82, 2.24) is 10.2 Å². The molecule has 1 aromatic carbocycles. The summed E-state index contributed by atoms with van der Waals surface area (Å²) in [5.41, 5.74) is -0.0567. The highest BCUT2D eigenvalue weighted by Crippen LogP contribution is 2.62. The van der Waals surface area contributed by atoms with Crippen LogP contribution < -0.4 is 10.6 Å². The number of nitrogens with one attached hydrogen (secondary N) is 2. The van der Waals surface area contributed by atoms with E-state index >= 15 is 0 Å². The smallest absolute Gasteiger partial charge is 0.229 e. The van der Waals surface area contributed by atoms with E-state index in [1.807, 2.05) is 14.1 Å². The van der Waals surface area contributed by atoms with Crippen LogP contribution in [0.1, 0.15) is 31.1 Å². The van der Waals surface area contributed by atoms with Gasteiger partial charge in [-0.25, -0.2) is 0 Å². The Kier molecular flexibility index (Phi) is 4.43. The first-order valence-corrected chi connectivity index (χ1v) is 8.95. The Morgan fingerprint density at radius 3 is 2.58 bits per heavy atom. The molecule has 0 bridgehead atoms. The predicted molar refractivity (Wildman–Crippen MR) is 99.8 cm³/mol. The second-order valence-corrected chi connectivity index (χ2v) is 8.72. The SMILES string of the molecule is CN(C)CC(C)(C)CNC(=O)[C@@H]1[C@H]2C(=O)Nc3ccccc3C(=O)[C@]12C. The van der Waals surface area contributed by atoms with Crippen LogP contribution in [0.2, 0.25) is 0 Å². The molecule has 3 atom stereocenters. The van der Waals surface area contributed by atoms with Crippen LogP contribution in [-0.2, 0) is 9.59 Å². The van der Waals surface area contributed by atoms with Gasteiger partial charge in [-0.1, -0.05) is 32.9 Å². The number of carbonyl (C=O) groups excluding carboxylic acids is 3. The Hall–Kier alpha value is -2.21. The minimum absolute atomic E-state index is 0.101. The molecule has 0 radical (unpaired) electrons. The van der Waals surface area contributed by atoms with Crippen molar-refractivity contribution in [3.63, 3.8) is 0 Å². The van der Waals surface area contributed by atoms with E-state index in [1.54, 1.807) is 31.2 Å². The molecule has 2 aliphatic rings. The maximum absolute atomic E-state index is 13.0. The van der Waals surface area contributed by atoms with Crippen LogP contribution in [0.5, 0.6) is 0 Å². The summed E-state index contributed by atoms with van der Waals surface area (Å²) in [5.74, 6) is -1.83. The first kappa shape index (κ1) is 18.6. The van der Waals surface area contributed by atoms with Crippen LogP contribution in [-0.4, -0.2) is 49.7 Å². The zero-order chi connectivity index (χ0) is 19.3. The fraction of sp³-hybridized carbons (Fsp3) is 0.550. The summed E-state index contributed by atoms with van der Waals surface area (Å²) >= 11 is 0. The highest BCUT2D eigenvalue weighted by Gasteiger charge is 2.73. The molecule has 0 saturated heterocycles. The molecule has 0 unspecified atom stereocenters. The van der Waals surface area contributed by atoms with Gasteiger partial charge in [-0.2, -0.15) is 0 Å². The van der Waals surface area contributed by atoms with Crippen molar-refractivity contribution in [3.05, 3.63) is 29.8 Å². The maximum atomic E-state index is 13.0. The first-order valence-electron chi connectivity index (χ1n) is 8.95. The van der Waals surface area contributed by atoms with E-state index in [4.69, 9.17) is 0 Å². The van der Waals surface area contributed by atoms with E-state index in [0.717, 1.165) is 6.54 Å². The zero-order valence-electron chi connectivity index (χ0n) is 16.1. The van der Waals surface area contributed by atoms with Crippen LogP contribution in [0.4, 0.5) is 5.69 Å². The number of fused-ring (bicyclic) bond motifs is 2. The van der Waals surface area contributed by atoms with Crippen LogP contribution in [0.3, 0.4) is 0 Å². The van der Waals surface area contributed by atoms with Crippen molar-refractivity contribution in [2.75, 3.05) is 32.5 Å². The summed E-state index contributed by atoms with van der Waals surface area (Å²) in [6.45, 7) is 7.21. The summed E-state index contributed by atoms with van der Waals surface area (Å²) in [4.78, 5) is 40.4. The number of rotatable bonds is 5. The van der Waals surface area contributed by atoms with Gasteiger partial charge in [0.15, 0.2) is 5.78 Å². The van der Waals surface area contributed by atoms with E-state index in [-0.39, 0.29) is 23.0 Å². The molecule has 3 rings (SSSR count). The summed E-state index contributed by atoms with van der Waals surface area (Å²) in [5, 5.41) is 5.77. The van der Waals surface area contributed by atoms with Gasteiger partial charge in [0.05, 0.1) is 22.9 Å². The quantitative estimate of drug-likeness (QED) is 0.842. The highest BCUT2D eigenvalue weighted by molar-refractivity contribution is 6.19. The zero-order valence-corrected chi connectivity index (χ0v) is 16.1. The third-order valence-corrected chi connectivity index (χ3v) is 5.49. The van der Waals surface area contributed by atoms with Crippen molar-refractivity contribution in [2.24, 2.45) is 22.7 Å². The standard InChI is InChI=1S/C20H27N3O3/c1-19(2,11-23(4)5)10-21-17(25)14-15-18(26)22-13-9-7-6-8-12(13)16(24)20(14,15)3/h6-9,14-15H,10-11H2,1-5H3,(H,21,25)(H,22,26)/t14-,15-,20+/m0/s1. The van der Waals surface area contributed by atoms with Gasteiger partial charge in [0, 0.05) is 18.7 Å². The Bertz CT molecular complexity index is 771. The van der Waals surface area contributed by atoms with E-state index < -0.39 is 17.3 Å². The van der Waals surface area contributed by atoms with Gasteiger partial charge in [-0.3, -0.25) is 14.4 Å². The summed E-state index contributed by atoms with van der Waals surface area (Å²) in [6, 6.07) is 6.98. The molecule has 1 fully saturated rings. The number of ketones is 1. The molecule has 1 heterocycles. The number of hydrogen-bond donors (Lipinski definition) is 2. The number of amides is 2. The number of Topliss-reactive ketones (excluding diaryl/α,β-unsaturated/α-hetero) is 1. The van der Waals surface area contributed by atoms with Crippen LogP contribution in [0.15, 0.2) is 24.3 Å². The molecule has 2 amide bonds. The van der Waals surface area contributed by atoms with E-state index in [9.17, 15) is 14.4 Å². The third-order valence-electron chi connectivity index (χ3n) is 5.49. The molecule has 0 spiro atoms. The Balaban J connectivity index is 1.77. The first-order chi connectivity index (χ1) is 12.1. The monoisotopic (exact) mass is 357 g/mol. The van der Waals surface area contributed by atoms with Gasteiger partial charge >= 0.3 is 0 Å². The van der Waals surface area contributed by atoms with Crippen molar-refractivity contribution < 1.29 is 14.4 Å². The van der Waals surface area contributed by atoms with E-state index in [1.165, 1.54) is 0 Å². The molecule has 0 aromatic heterocycles. The molecule has 1 aliphatic carbocycles. The minimum Gasteiger partial charge on any atom is -0.355 e. The van der Waals surface area contributed by atoms with Crippen LogP contribution in [0.25, 0.3) is 0 Å². The van der Waals surface area contributed by atoms with Crippen molar-refractivity contribution in [3.8, 4) is 0 Å². The average molecular weight is 357 g/mol. The molecule has 1 aliphatic heterocycles. The van der Waals surface area contributed by atoms with Gasteiger partial charge in [-0.15, -0.1) is 0 Å². The Morgan fingerprint density at radius 2 is 1.92 bits per heavy atom. The molecule has 6 nitrogen and oxygen atoms in total. The molecule has 2 N–H and O–H groups in total. The van der Waals surface area contributed by atoms with Gasteiger partial charge in [0.2, 0.25) is 11.8 Å². The Labute approximate surface area is 154 Å². The number of hydrogen-bond acceptors (Lipinski definition) is 4. The number of carbonyl (C=O) groups is 3. The normalized spacial score (nSPS) is 27.3. The second kappa shape index (κ2) is 6.20. The summed E-state index contributed by atoms with van der Waals surface area (Å²) in [7, 11) is 3.98. The topological polar surface area (TPSA) is 78.5 Å². The molecule has 6 heteroatoms. The van der Waals surface area contributed by atoms with Gasteiger partial charge in [-0.05, 0) is 31.6 Å². The predicted octanol–water partition coefficient (Wildman–Crippen LogP) is 1.78. The van der Waals surface area contributed by atoms with E-state index in [0.29, 0.717) is 17.8 Å².